The Hall–Kier alpha value is -1.61. The Morgan fingerprint density at radius 1 is 1.06 bits per heavy atom. The Labute approximate surface area is 105 Å². The molecule has 0 fully saturated rings. The number of nitrogens with one attached hydrogen (secondary N) is 1. The third-order valence-electron chi connectivity index (χ3n) is 2.53. The summed E-state index contributed by atoms with van der Waals surface area (Å²) in [4.78, 5) is 0. The van der Waals surface area contributed by atoms with Crippen LogP contribution in [0.4, 0.5) is 5.69 Å². The highest BCUT2D eigenvalue weighted by molar-refractivity contribution is 6.36. The van der Waals surface area contributed by atoms with Crippen molar-refractivity contribution in [2.45, 2.75) is 19.9 Å². The van der Waals surface area contributed by atoms with Gasteiger partial charge in [0.1, 0.15) is 22.2 Å². The molecule has 0 amide bonds. The van der Waals surface area contributed by atoms with Crippen LogP contribution < -0.4 is 5.32 Å². The summed E-state index contributed by atoms with van der Waals surface area (Å²) in [6.07, 6.45) is 0. The van der Waals surface area contributed by atoms with Crippen LogP contribution in [-0.4, -0.2) is 16.3 Å². The number of rotatable bonds is 2. The molecular formula is C13H14ClNO2. The fourth-order valence-corrected chi connectivity index (χ4v) is 2.04. The Morgan fingerprint density at radius 2 is 1.59 bits per heavy atom. The van der Waals surface area contributed by atoms with E-state index in [-0.39, 0.29) is 22.6 Å². The zero-order valence-corrected chi connectivity index (χ0v) is 10.4. The molecule has 0 saturated heterocycles. The van der Waals surface area contributed by atoms with Crippen LogP contribution in [0.25, 0.3) is 10.8 Å². The van der Waals surface area contributed by atoms with Crippen LogP contribution in [0.2, 0.25) is 5.02 Å². The molecule has 4 heteroatoms. The maximum absolute atomic E-state index is 10.1. The summed E-state index contributed by atoms with van der Waals surface area (Å²) in [5, 5.41) is 24.4. The lowest BCUT2D eigenvalue weighted by Crippen LogP contribution is -2.10. The fraction of sp³-hybridized carbons (Fsp3) is 0.231. The molecule has 0 heterocycles. The number of anilines is 1. The first kappa shape index (κ1) is 11.9. The first-order valence-corrected chi connectivity index (χ1v) is 5.78. The molecule has 2 rings (SSSR count). The molecule has 3 N–H and O–H groups in total. The SMILES string of the molecule is CC(C)Nc1c(Cl)c(O)c2ccccc2c1O. The first-order chi connectivity index (χ1) is 8.02. The van der Waals surface area contributed by atoms with Gasteiger partial charge in [-0.2, -0.15) is 0 Å². The molecule has 0 radical (unpaired) electrons. The second-order valence-electron chi connectivity index (χ2n) is 4.23. The van der Waals surface area contributed by atoms with E-state index in [1.165, 1.54) is 0 Å². The Balaban J connectivity index is 2.77. The fourth-order valence-electron chi connectivity index (χ4n) is 1.79. The standard InChI is InChI=1S/C13H14ClNO2/c1-7(2)15-11-10(14)12(16)8-5-3-4-6-9(8)13(11)17/h3-7,15-17H,1-2H3. The maximum Gasteiger partial charge on any atom is 0.148 e. The van der Waals surface area contributed by atoms with E-state index in [2.05, 4.69) is 5.32 Å². The van der Waals surface area contributed by atoms with Crippen molar-refractivity contribution in [3.05, 3.63) is 29.3 Å². The second kappa shape index (κ2) is 4.34. The van der Waals surface area contributed by atoms with E-state index < -0.39 is 0 Å². The van der Waals surface area contributed by atoms with E-state index in [0.29, 0.717) is 16.5 Å². The molecule has 0 aliphatic rings. The lowest BCUT2D eigenvalue weighted by Gasteiger charge is -2.16. The van der Waals surface area contributed by atoms with Crippen LogP contribution in [0.15, 0.2) is 24.3 Å². The van der Waals surface area contributed by atoms with Crippen molar-refractivity contribution in [1.82, 2.24) is 0 Å². The topological polar surface area (TPSA) is 52.5 Å². The molecule has 17 heavy (non-hydrogen) atoms. The second-order valence-corrected chi connectivity index (χ2v) is 4.61. The minimum Gasteiger partial charge on any atom is -0.506 e. The third kappa shape index (κ3) is 1.98. The van der Waals surface area contributed by atoms with Crippen molar-refractivity contribution >= 4 is 28.1 Å². The molecule has 0 aromatic heterocycles. The highest BCUT2D eigenvalue weighted by atomic mass is 35.5. The Kier molecular flexibility index (Phi) is 3.03. The van der Waals surface area contributed by atoms with Gasteiger partial charge in [0.2, 0.25) is 0 Å². The molecule has 0 aliphatic heterocycles. The van der Waals surface area contributed by atoms with Gasteiger partial charge in [-0.15, -0.1) is 0 Å². The summed E-state index contributed by atoms with van der Waals surface area (Å²) in [6, 6.07) is 7.16. The molecule has 0 aliphatic carbocycles. The minimum absolute atomic E-state index is 0.0109. The van der Waals surface area contributed by atoms with Gasteiger partial charge in [0.25, 0.3) is 0 Å². The van der Waals surface area contributed by atoms with Gasteiger partial charge in [0.05, 0.1) is 0 Å². The van der Waals surface area contributed by atoms with E-state index in [4.69, 9.17) is 11.6 Å². The molecule has 3 nitrogen and oxygen atoms in total. The largest absolute Gasteiger partial charge is 0.506 e. The molecule has 2 aromatic carbocycles. The molecule has 90 valence electrons. The number of phenols is 2. The van der Waals surface area contributed by atoms with Gasteiger partial charge in [-0.3, -0.25) is 0 Å². The average molecular weight is 252 g/mol. The maximum atomic E-state index is 10.1. The third-order valence-corrected chi connectivity index (χ3v) is 2.90. The van der Waals surface area contributed by atoms with Crippen molar-refractivity contribution in [3.63, 3.8) is 0 Å². The summed E-state index contributed by atoms with van der Waals surface area (Å²) < 4.78 is 0. The van der Waals surface area contributed by atoms with Crippen molar-refractivity contribution < 1.29 is 10.2 Å². The minimum atomic E-state index is -0.0109. The number of phenolic OH excluding ortho intramolecular Hbond substituents is 2. The van der Waals surface area contributed by atoms with Crippen LogP contribution in [0, 0.1) is 0 Å². The number of fused-ring (bicyclic) bond motifs is 1. The summed E-state index contributed by atoms with van der Waals surface area (Å²) in [7, 11) is 0. The van der Waals surface area contributed by atoms with E-state index in [9.17, 15) is 10.2 Å². The summed E-state index contributed by atoms with van der Waals surface area (Å²) in [5.41, 5.74) is 0.373. The van der Waals surface area contributed by atoms with Crippen molar-refractivity contribution in [2.24, 2.45) is 0 Å². The van der Waals surface area contributed by atoms with Gasteiger partial charge in [0, 0.05) is 16.8 Å². The number of hydrogen-bond acceptors (Lipinski definition) is 3. The lowest BCUT2D eigenvalue weighted by molar-refractivity contribution is 0.471. The molecular weight excluding hydrogens is 238 g/mol. The van der Waals surface area contributed by atoms with Crippen molar-refractivity contribution in [1.29, 1.82) is 0 Å². The highest BCUT2D eigenvalue weighted by Gasteiger charge is 2.17. The van der Waals surface area contributed by atoms with E-state index in [1.54, 1.807) is 24.3 Å². The zero-order valence-electron chi connectivity index (χ0n) is 9.66. The van der Waals surface area contributed by atoms with E-state index in [0.717, 1.165) is 0 Å². The van der Waals surface area contributed by atoms with Crippen LogP contribution >= 0.6 is 11.6 Å². The van der Waals surface area contributed by atoms with E-state index >= 15 is 0 Å². The monoisotopic (exact) mass is 251 g/mol. The average Bonchev–Trinajstić information content (AvgIpc) is 2.31. The smallest absolute Gasteiger partial charge is 0.148 e. The van der Waals surface area contributed by atoms with Crippen LogP contribution in [-0.2, 0) is 0 Å². The van der Waals surface area contributed by atoms with Gasteiger partial charge in [-0.1, -0.05) is 35.9 Å². The lowest BCUT2D eigenvalue weighted by atomic mass is 10.1. The quantitative estimate of drug-likeness (QED) is 0.563. The zero-order chi connectivity index (χ0) is 12.6. The van der Waals surface area contributed by atoms with Crippen LogP contribution in [0.1, 0.15) is 13.8 Å². The molecule has 0 bridgehead atoms. The van der Waals surface area contributed by atoms with Gasteiger partial charge < -0.3 is 15.5 Å². The highest BCUT2D eigenvalue weighted by Crippen LogP contribution is 2.46. The normalized spacial score (nSPS) is 11.1. The van der Waals surface area contributed by atoms with Gasteiger partial charge >= 0.3 is 0 Å². The summed E-state index contributed by atoms with van der Waals surface area (Å²) in [6.45, 7) is 3.87. The van der Waals surface area contributed by atoms with Gasteiger partial charge in [-0.05, 0) is 13.8 Å². The Bertz CT molecular complexity index is 567. The molecule has 0 unspecified atom stereocenters. The van der Waals surface area contributed by atoms with Gasteiger partial charge in [-0.25, -0.2) is 0 Å². The first-order valence-electron chi connectivity index (χ1n) is 5.41. The number of halogens is 1. The predicted molar refractivity (Wildman–Crippen MR) is 71.0 cm³/mol. The van der Waals surface area contributed by atoms with Crippen LogP contribution in [0.3, 0.4) is 0 Å². The Morgan fingerprint density at radius 3 is 2.12 bits per heavy atom. The van der Waals surface area contributed by atoms with Crippen molar-refractivity contribution in [3.8, 4) is 11.5 Å². The molecule has 0 saturated carbocycles. The summed E-state index contributed by atoms with van der Waals surface area (Å²) >= 11 is 6.05. The number of hydrogen-bond donors (Lipinski definition) is 3. The number of aromatic hydroxyl groups is 2. The molecule has 2 aromatic rings. The van der Waals surface area contributed by atoms with Crippen LogP contribution in [0.5, 0.6) is 11.5 Å². The van der Waals surface area contributed by atoms with Crippen molar-refractivity contribution in [2.75, 3.05) is 5.32 Å². The summed E-state index contributed by atoms with van der Waals surface area (Å²) in [5.74, 6) is 0.0558. The van der Waals surface area contributed by atoms with E-state index in [1.807, 2.05) is 13.8 Å². The molecule has 0 spiro atoms. The van der Waals surface area contributed by atoms with Gasteiger partial charge in [0.15, 0.2) is 0 Å². The number of benzene rings is 2. The predicted octanol–water partition coefficient (Wildman–Crippen LogP) is 3.72. The molecule has 0 atom stereocenters.